The number of benzene rings is 2. The number of hydrazine groups is 1. The Morgan fingerprint density at radius 3 is 2.25 bits per heavy atom. The highest BCUT2D eigenvalue weighted by molar-refractivity contribution is 6.32. The quantitative estimate of drug-likeness (QED) is 0.698. The lowest BCUT2D eigenvalue weighted by Crippen LogP contribution is -2.44. The molecule has 2 aromatic carbocycles. The molecule has 0 unspecified atom stereocenters. The molecule has 2 aromatic rings. The Kier molecular flexibility index (Phi) is 4.25. The second-order valence-electron chi connectivity index (χ2n) is 7.59. The van der Waals surface area contributed by atoms with Crippen LogP contribution in [-0.4, -0.2) is 41.0 Å². The third-order valence-electron chi connectivity index (χ3n) is 6.03. The molecule has 5 nitrogen and oxygen atoms in total. The van der Waals surface area contributed by atoms with Crippen molar-refractivity contribution in [1.29, 1.82) is 0 Å². The van der Waals surface area contributed by atoms with Crippen molar-refractivity contribution in [2.24, 2.45) is 5.92 Å². The molecule has 0 bridgehead atoms. The van der Waals surface area contributed by atoms with Gasteiger partial charge in [0.2, 0.25) is 5.91 Å². The van der Waals surface area contributed by atoms with Crippen molar-refractivity contribution in [3.63, 3.8) is 0 Å². The normalized spacial score (nSPS) is 27.5. The van der Waals surface area contributed by atoms with Crippen molar-refractivity contribution in [3.8, 4) is 0 Å². The summed E-state index contributed by atoms with van der Waals surface area (Å²) < 4.78 is 0. The van der Waals surface area contributed by atoms with Gasteiger partial charge in [-0.25, -0.2) is 14.9 Å². The Hall–Kier alpha value is -1.92. The van der Waals surface area contributed by atoms with E-state index >= 15 is 0 Å². The van der Waals surface area contributed by atoms with Gasteiger partial charge in [-0.05, 0) is 48.7 Å². The maximum atomic E-state index is 13.5. The summed E-state index contributed by atoms with van der Waals surface area (Å²) >= 11 is 12.3. The molecule has 3 saturated heterocycles. The average molecular weight is 416 g/mol. The van der Waals surface area contributed by atoms with Crippen molar-refractivity contribution in [2.45, 2.75) is 25.4 Å². The van der Waals surface area contributed by atoms with Crippen LogP contribution >= 0.6 is 23.2 Å². The third-order valence-corrected chi connectivity index (χ3v) is 6.69. The molecule has 3 aliphatic rings. The number of imide groups is 1. The van der Waals surface area contributed by atoms with Crippen LogP contribution in [0.4, 0.5) is 5.69 Å². The van der Waals surface area contributed by atoms with Gasteiger partial charge in [0.25, 0.3) is 5.91 Å². The third kappa shape index (κ3) is 2.54. The number of carbonyl (C=O) groups excluding carboxylic acids is 2. The van der Waals surface area contributed by atoms with Gasteiger partial charge in [0.15, 0.2) is 0 Å². The number of aryl methyl sites for hydroxylation is 1. The van der Waals surface area contributed by atoms with E-state index in [2.05, 4.69) is 10.0 Å². The van der Waals surface area contributed by atoms with Crippen LogP contribution in [0.1, 0.15) is 23.6 Å². The van der Waals surface area contributed by atoms with Gasteiger partial charge in [-0.2, -0.15) is 0 Å². The molecule has 0 spiro atoms. The van der Waals surface area contributed by atoms with Gasteiger partial charge in [-0.3, -0.25) is 9.59 Å². The zero-order valence-corrected chi connectivity index (χ0v) is 16.8. The molecule has 0 N–H and O–H groups in total. The topological polar surface area (TPSA) is 43.9 Å². The zero-order chi connectivity index (χ0) is 19.6. The largest absolute Gasteiger partial charge is 0.274 e. The van der Waals surface area contributed by atoms with Gasteiger partial charge in [-0.1, -0.05) is 41.4 Å². The molecule has 2 amide bonds. The van der Waals surface area contributed by atoms with Crippen molar-refractivity contribution in [3.05, 3.63) is 63.6 Å². The highest BCUT2D eigenvalue weighted by atomic mass is 35.5. The maximum Gasteiger partial charge on any atom is 0.253 e. The lowest BCUT2D eigenvalue weighted by molar-refractivity contribution is -0.126. The van der Waals surface area contributed by atoms with E-state index in [0.29, 0.717) is 15.7 Å². The Balaban J connectivity index is 1.58. The molecular weight excluding hydrogens is 397 g/mol. The molecular formula is C21H19Cl2N3O2. The van der Waals surface area contributed by atoms with E-state index in [4.69, 9.17) is 23.2 Å². The Bertz CT molecular complexity index is 978. The maximum absolute atomic E-state index is 13.5. The minimum atomic E-state index is -0.462. The fraction of sp³-hybridized carbons (Fsp3) is 0.333. The summed E-state index contributed by atoms with van der Waals surface area (Å²) in [7, 11) is 0. The highest BCUT2D eigenvalue weighted by Crippen LogP contribution is 2.49. The molecule has 0 radical (unpaired) electrons. The predicted octanol–water partition coefficient (Wildman–Crippen LogP) is 3.84. The molecule has 0 aliphatic carbocycles. The number of nitrogens with zero attached hydrogens (tertiary/aromatic N) is 3. The second kappa shape index (κ2) is 6.56. The van der Waals surface area contributed by atoms with Crippen molar-refractivity contribution >= 4 is 40.7 Å². The van der Waals surface area contributed by atoms with E-state index < -0.39 is 12.0 Å². The van der Waals surface area contributed by atoms with Gasteiger partial charge < -0.3 is 0 Å². The molecule has 3 atom stereocenters. The van der Waals surface area contributed by atoms with E-state index in [0.717, 1.165) is 30.6 Å². The molecule has 3 aliphatic heterocycles. The van der Waals surface area contributed by atoms with Crippen LogP contribution in [0.15, 0.2) is 42.5 Å². The number of amides is 2. The first-order valence-corrected chi connectivity index (χ1v) is 10.2. The fourth-order valence-corrected chi connectivity index (χ4v) is 5.05. The molecule has 144 valence electrons. The van der Waals surface area contributed by atoms with Crippen LogP contribution in [0.5, 0.6) is 0 Å². The average Bonchev–Trinajstić information content (AvgIpc) is 3.31. The molecule has 0 saturated carbocycles. The Labute approximate surface area is 173 Å². The van der Waals surface area contributed by atoms with Crippen LogP contribution in [0, 0.1) is 12.8 Å². The number of carbonyl (C=O) groups is 2. The number of anilines is 1. The van der Waals surface area contributed by atoms with Gasteiger partial charge in [0.1, 0.15) is 6.04 Å². The van der Waals surface area contributed by atoms with Gasteiger partial charge in [0, 0.05) is 23.1 Å². The molecule has 0 aromatic heterocycles. The van der Waals surface area contributed by atoms with Crippen LogP contribution < -0.4 is 4.90 Å². The standard InChI is InChI=1S/C21H19Cl2N3O2/c1-12-3-8-15(11-16(12)23)26-20(27)17-18(13-4-6-14(22)7-5-13)24-9-2-10-25(24)19(17)21(26)28/h3-8,11,17-19H,2,9-10H2,1H3/t17-,18+,19-/m0/s1. The van der Waals surface area contributed by atoms with Crippen molar-refractivity contribution in [2.75, 3.05) is 18.0 Å². The molecule has 5 rings (SSSR count). The summed E-state index contributed by atoms with van der Waals surface area (Å²) in [4.78, 5) is 28.1. The zero-order valence-electron chi connectivity index (χ0n) is 15.3. The lowest BCUT2D eigenvalue weighted by atomic mass is 9.90. The van der Waals surface area contributed by atoms with Gasteiger partial charge in [-0.15, -0.1) is 0 Å². The minimum absolute atomic E-state index is 0.160. The van der Waals surface area contributed by atoms with Crippen LogP contribution in [0.2, 0.25) is 10.0 Å². The summed E-state index contributed by atoms with van der Waals surface area (Å²) in [5, 5.41) is 5.47. The number of hydrogen-bond donors (Lipinski definition) is 0. The fourth-order valence-electron chi connectivity index (χ4n) is 4.75. The monoisotopic (exact) mass is 415 g/mol. The lowest BCUT2D eigenvalue weighted by Gasteiger charge is -2.29. The molecule has 3 heterocycles. The first-order valence-electron chi connectivity index (χ1n) is 9.40. The summed E-state index contributed by atoms with van der Waals surface area (Å²) in [6, 6.07) is 12.3. The Morgan fingerprint density at radius 2 is 1.57 bits per heavy atom. The summed E-state index contributed by atoms with van der Waals surface area (Å²) in [5.41, 5.74) is 2.46. The minimum Gasteiger partial charge on any atom is -0.274 e. The summed E-state index contributed by atoms with van der Waals surface area (Å²) in [6.07, 6.45) is 0.977. The SMILES string of the molecule is Cc1ccc(N2C(=O)[C@@H]3[C@@H](C2=O)N2CCCN2[C@@H]3c2ccc(Cl)cc2)cc1Cl. The van der Waals surface area contributed by atoms with Crippen LogP contribution in [0.3, 0.4) is 0 Å². The van der Waals surface area contributed by atoms with Crippen LogP contribution in [-0.2, 0) is 9.59 Å². The summed E-state index contributed by atoms with van der Waals surface area (Å²) in [5.74, 6) is -0.767. The van der Waals surface area contributed by atoms with Crippen molar-refractivity contribution in [1.82, 2.24) is 10.0 Å². The number of rotatable bonds is 2. The van der Waals surface area contributed by atoms with Crippen molar-refractivity contribution < 1.29 is 9.59 Å². The molecule has 3 fully saturated rings. The number of fused-ring (bicyclic) bond motifs is 3. The first kappa shape index (κ1) is 18.1. The molecule has 28 heavy (non-hydrogen) atoms. The van der Waals surface area contributed by atoms with Gasteiger partial charge >= 0.3 is 0 Å². The summed E-state index contributed by atoms with van der Waals surface area (Å²) in [6.45, 7) is 3.52. The number of halogens is 2. The van der Waals surface area contributed by atoms with Gasteiger partial charge in [0.05, 0.1) is 17.6 Å². The smallest absolute Gasteiger partial charge is 0.253 e. The van der Waals surface area contributed by atoms with Crippen LogP contribution in [0.25, 0.3) is 0 Å². The highest BCUT2D eigenvalue weighted by Gasteiger charge is 2.62. The van der Waals surface area contributed by atoms with E-state index in [1.165, 1.54) is 4.90 Å². The Morgan fingerprint density at radius 1 is 0.893 bits per heavy atom. The van der Waals surface area contributed by atoms with E-state index in [9.17, 15) is 9.59 Å². The van der Waals surface area contributed by atoms with E-state index in [1.54, 1.807) is 12.1 Å². The van der Waals surface area contributed by atoms with E-state index in [-0.39, 0.29) is 17.9 Å². The molecule has 7 heteroatoms. The first-order chi connectivity index (χ1) is 13.5. The predicted molar refractivity (Wildman–Crippen MR) is 108 cm³/mol. The second-order valence-corrected chi connectivity index (χ2v) is 8.44. The van der Waals surface area contributed by atoms with E-state index in [1.807, 2.05) is 37.3 Å². The number of hydrogen-bond acceptors (Lipinski definition) is 4.